The van der Waals surface area contributed by atoms with Crippen molar-refractivity contribution in [1.29, 1.82) is 5.26 Å². The van der Waals surface area contributed by atoms with Crippen molar-refractivity contribution in [3.8, 4) is 29.1 Å². The van der Waals surface area contributed by atoms with Gasteiger partial charge in [0.2, 0.25) is 0 Å². The lowest BCUT2D eigenvalue weighted by molar-refractivity contribution is -0.386. The second-order valence-electron chi connectivity index (χ2n) is 18.2. The van der Waals surface area contributed by atoms with Crippen LogP contribution in [0.1, 0.15) is 77.1 Å². The Hall–Kier alpha value is -4.66. The average Bonchev–Trinajstić information content (AvgIpc) is 3.61. The molecule has 4 aromatic carbocycles. The van der Waals surface area contributed by atoms with Crippen LogP contribution in [0.15, 0.2) is 91.0 Å². The third kappa shape index (κ3) is 12.5. The van der Waals surface area contributed by atoms with E-state index in [1.165, 1.54) is 26.4 Å². The molecular weight excluding hydrogens is 894 g/mol. The SMILES string of the molecule is COc1ccc(C(OC[C@H]2O[C@@H](OCc3cc(OC)c(OC)cc3[N+](=O)[O-])[C@H](O[Si](C)(C)C(C)(C)C)[C@@H]2OP(OCCC#N)N(C(C)C)C(C)C)(c2ccccc2)c2ccc(OC)cc2)cc1. The van der Waals surface area contributed by atoms with Crippen LogP contribution in [-0.2, 0) is 39.9 Å². The predicted molar refractivity (Wildman–Crippen MR) is 260 cm³/mol. The number of nitro groups is 1. The Balaban J connectivity index is 1.71. The molecule has 1 unspecified atom stereocenters. The van der Waals surface area contributed by atoms with E-state index in [4.69, 9.17) is 46.6 Å². The Bertz CT molecular complexity index is 2180. The molecule has 1 heterocycles. The quantitative estimate of drug-likeness (QED) is 0.0163. The first-order valence-electron chi connectivity index (χ1n) is 22.4. The second-order valence-corrected chi connectivity index (χ2v) is 24.4. The van der Waals surface area contributed by atoms with E-state index in [0.29, 0.717) is 17.2 Å². The molecule has 0 aliphatic carbocycles. The molecule has 364 valence electrons. The molecule has 0 aromatic heterocycles. The Morgan fingerprint density at radius 2 is 1.34 bits per heavy atom. The van der Waals surface area contributed by atoms with Gasteiger partial charge in [-0.2, -0.15) is 5.26 Å². The molecule has 0 bridgehead atoms. The van der Waals surface area contributed by atoms with Crippen molar-refractivity contribution in [2.45, 2.75) is 122 Å². The number of hydrogen-bond donors (Lipinski definition) is 0. The molecule has 0 spiro atoms. The summed E-state index contributed by atoms with van der Waals surface area (Å²) in [5.74, 6) is 1.87. The van der Waals surface area contributed by atoms with Crippen molar-refractivity contribution < 1.29 is 51.6 Å². The molecule has 0 radical (unpaired) electrons. The number of ether oxygens (including phenoxy) is 7. The number of nitriles is 1. The van der Waals surface area contributed by atoms with E-state index in [2.05, 4.69) is 72.3 Å². The molecule has 1 aliphatic rings. The van der Waals surface area contributed by atoms with Gasteiger partial charge in [-0.1, -0.05) is 75.4 Å². The predicted octanol–water partition coefficient (Wildman–Crippen LogP) is 10.9. The summed E-state index contributed by atoms with van der Waals surface area (Å²) in [6, 6.07) is 30.5. The third-order valence-electron chi connectivity index (χ3n) is 12.2. The van der Waals surface area contributed by atoms with Crippen molar-refractivity contribution in [2.24, 2.45) is 0 Å². The lowest BCUT2D eigenvalue weighted by atomic mass is 9.80. The number of benzene rings is 4. The Labute approximate surface area is 398 Å². The van der Waals surface area contributed by atoms with Gasteiger partial charge < -0.3 is 46.6 Å². The summed E-state index contributed by atoms with van der Waals surface area (Å²) < 4.78 is 66.5. The van der Waals surface area contributed by atoms with Crippen molar-refractivity contribution >= 4 is 22.5 Å². The molecule has 1 saturated heterocycles. The van der Waals surface area contributed by atoms with E-state index in [9.17, 15) is 15.4 Å². The van der Waals surface area contributed by atoms with E-state index < -0.39 is 52.0 Å². The Morgan fingerprint density at radius 1 is 0.806 bits per heavy atom. The lowest BCUT2D eigenvalue weighted by Crippen LogP contribution is -2.51. The van der Waals surface area contributed by atoms with Crippen molar-refractivity contribution in [2.75, 3.05) is 41.7 Å². The van der Waals surface area contributed by atoms with Crippen LogP contribution in [0, 0.1) is 21.4 Å². The van der Waals surface area contributed by atoms with Crippen molar-refractivity contribution in [3.63, 3.8) is 0 Å². The lowest BCUT2D eigenvalue weighted by Gasteiger charge is -2.42. The largest absolute Gasteiger partial charge is 0.497 e. The highest BCUT2D eigenvalue weighted by Gasteiger charge is 2.54. The maximum absolute atomic E-state index is 12.5. The first kappa shape index (κ1) is 53.3. The van der Waals surface area contributed by atoms with E-state index in [0.717, 1.165) is 16.7 Å². The van der Waals surface area contributed by atoms with Crippen LogP contribution in [0.25, 0.3) is 0 Å². The second kappa shape index (κ2) is 23.6. The molecule has 0 amide bonds. The summed E-state index contributed by atoms with van der Waals surface area (Å²) in [5, 5.41) is 21.8. The van der Waals surface area contributed by atoms with Crippen molar-refractivity contribution in [3.05, 3.63) is 123 Å². The molecule has 4 aromatic rings. The Morgan fingerprint density at radius 3 is 1.82 bits per heavy atom. The van der Waals surface area contributed by atoms with Gasteiger partial charge in [-0.05, 0) is 92.8 Å². The first-order valence-corrected chi connectivity index (χ1v) is 26.5. The minimum absolute atomic E-state index is 0.0153. The fraction of sp³-hybridized carbons (Fsp3) is 0.500. The van der Waals surface area contributed by atoms with Gasteiger partial charge in [0.25, 0.3) is 14.2 Å². The van der Waals surface area contributed by atoms with Gasteiger partial charge >= 0.3 is 0 Å². The maximum atomic E-state index is 12.5. The minimum atomic E-state index is -2.68. The monoisotopic (exact) mass is 961 g/mol. The highest BCUT2D eigenvalue weighted by Crippen LogP contribution is 2.52. The van der Waals surface area contributed by atoms with Gasteiger partial charge in [-0.25, -0.2) is 4.67 Å². The molecular formula is C50H68N3O12PSi. The average molecular weight is 962 g/mol. The van der Waals surface area contributed by atoms with Crippen LogP contribution < -0.4 is 18.9 Å². The molecule has 0 N–H and O–H groups in total. The van der Waals surface area contributed by atoms with Crippen LogP contribution >= 0.6 is 8.53 Å². The molecule has 5 rings (SSSR count). The van der Waals surface area contributed by atoms with Gasteiger partial charge in [0.1, 0.15) is 35.4 Å². The normalized spacial score (nSPS) is 18.3. The van der Waals surface area contributed by atoms with Gasteiger partial charge in [-0.3, -0.25) is 10.1 Å². The van der Waals surface area contributed by atoms with Crippen LogP contribution in [0.4, 0.5) is 5.69 Å². The van der Waals surface area contributed by atoms with E-state index in [1.54, 1.807) is 14.2 Å². The van der Waals surface area contributed by atoms with E-state index >= 15 is 0 Å². The fourth-order valence-electron chi connectivity index (χ4n) is 7.78. The van der Waals surface area contributed by atoms with Gasteiger partial charge in [0.15, 0.2) is 26.1 Å². The summed E-state index contributed by atoms with van der Waals surface area (Å²) >= 11 is 0. The van der Waals surface area contributed by atoms with Gasteiger partial charge in [-0.15, -0.1) is 0 Å². The minimum Gasteiger partial charge on any atom is -0.497 e. The summed E-state index contributed by atoms with van der Waals surface area (Å²) in [7, 11) is 1.61. The highest BCUT2D eigenvalue weighted by atomic mass is 31.2. The van der Waals surface area contributed by atoms with E-state index in [-0.39, 0.29) is 60.4 Å². The maximum Gasteiger partial charge on any atom is 0.278 e. The molecule has 1 aliphatic heterocycles. The first-order chi connectivity index (χ1) is 31.8. The summed E-state index contributed by atoms with van der Waals surface area (Å²) in [4.78, 5) is 12.0. The molecule has 67 heavy (non-hydrogen) atoms. The standard InChI is InChI=1S/C50H68N3O12PSi/c1-34(2)52(35(3)4)66(62-29-17-28-51)64-46-45(33-61-50(37-18-15-14-16-19-37,38-20-24-40(56-8)25-21-38)39-22-26-41(57-9)27-23-39)63-48(47(46)65-67(12,13)49(5,6)7)60-32-36-30-43(58-10)44(59-11)31-42(36)53(54)55/h14-16,18-27,30-31,34-35,45-48H,17,29,32-33H2,1-13H3/t45-,46-,47-,48-,66?/m1/s1. The number of rotatable bonds is 24. The fourth-order valence-corrected chi connectivity index (χ4v) is 10.8. The highest BCUT2D eigenvalue weighted by molar-refractivity contribution is 7.44. The summed E-state index contributed by atoms with van der Waals surface area (Å²) in [5.41, 5.74) is 1.28. The molecule has 5 atom stereocenters. The molecule has 0 saturated carbocycles. The zero-order valence-corrected chi connectivity index (χ0v) is 43.0. The van der Waals surface area contributed by atoms with E-state index in [1.807, 2.05) is 78.9 Å². The molecule has 1 fully saturated rings. The third-order valence-corrected chi connectivity index (χ3v) is 18.8. The number of nitro benzene ring substituents is 1. The van der Waals surface area contributed by atoms with Gasteiger partial charge in [0, 0.05) is 12.1 Å². The Kier molecular flexibility index (Phi) is 18.7. The number of hydrogen-bond acceptors (Lipinski definition) is 14. The van der Waals surface area contributed by atoms with Crippen LogP contribution in [0.2, 0.25) is 18.1 Å². The number of nitrogens with zero attached hydrogens (tertiary/aromatic N) is 3. The van der Waals surface area contributed by atoms with Crippen molar-refractivity contribution in [1.82, 2.24) is 4.67 Å². The molecule has 15 nitrogen and oxygen atoms in total. The smallest absolute Gasteiger partial charge is 0.278 e. The van der Waals surface area contributed by atoms with Gasteiger partial charge in [0.05, 0.1) is 77.3 Å². The topological polar surface area (TPSA) is 162 Å². The zero-order chi connectivity index (χ0) is 49.1. The number of methoxy groups -OCH3 is 4. The summed E-state index contributed by atoms with van der Waals surface area (Å²) in [6.45, 7) is 18.8. The van der Waals surface area contributed by atoms with Crippen LogP contribution in [0.5, 0.6) is 23.0 Å². The van der Waals surface area contributed by atoms with Crippen LogP contribution in [-0.4, -0.2) is 96.2 Å². The molecule has 17 heteroatoms. The zero-order valence-electron chi connectivity index (χ0n) is 41.1. The van der Waals surface area contributed by atoms with Crippen LogP contribution in [0.3, 0.4) is 0 Å². The summed E-state index contributed by atoms with van der Waals surface area (Å²) in [6.07, 6.45) is -3.59.